The minimum atomic E-state index is -0.844. The molecule has 5 nitrogen and oxygen atoms in total. The summed E-state index contributed by atoms with van der Waals surface area (Å²) in [5.74, 6) is 0.474. The molecular formula is C16H24BrNO4. The maximum Gasteiger partial charge on any atom is 0.320 e. The molecule has 2 N–H and O–H groups in total. The van der Waals surface area contributed by atoms with Gasteiger partial charge in [0.2, 0.25) is 0 Å². The first-order valence-corrected chi connectivity index (χ1v) is 8.15. The van der Waals surface area contributed by atoms with Crippen molar-refractivity contribution >= 4 is 21.9 Å². The summed E-state index contributed by atoms with van der Waals surface area (Å²) < 4.78 is 11.8. The fourth-order valence-electron chi connectivity index (χ4n) is 2.06. The third-order valence-corrected chi connectivity index (χ3v) is 3.79. The largest absolute Gasteiger partial charge is 0.493 e. The van der Waals surface area contributed by atoms with Crippen molar-refractivity contribution in [2.24, 2.45) is 5.92 Å². The molecule has 22 heavy (non-hydrogen) atoms. The molecule has 0 saturated carbocycles. The Kier molecular flexibility index (Phi) is 7.68. The van der Waals surface area contributed by atoms with Crippen LogP contribution in [0.1, 0.15) is 32.8 Å². The smallest absolute Gasteiger partial charge is 0.320 e. The fourth-order valence-corrected chi connectivity index (χ4v) is 2.66. The lowest BCUT2D eigenvalue weighted by Crippen LogP contribution is -2.40. The molecular weight excluding hydrogens is 350 g/mol. The van der Waals surface area contributed by atoms with E-state index in [1.807, 2.05) is 32.9 Å². The molecule has 0 saturated heterocycles. The normalized spacial score (nSPS) is 12.3. The third kappa shape index (κ3) is 5.18. The molecule has 0 amide bonds. The zero-order valence-electron chi connectivity index (χ0n) is 13.5. The number of halogens is 1. The van der Waals surface area contributed by atoms with Crippen molar-refractivity contribution in [3.05, 3.63) is 22.2 Å². The van der Waals surface area contributed by atoms with Gasteiger partial charge in [-0.2, -0.15) is 0 Å². The molecule has 0 aliphatic carbocycles. The van der Waals surface area contributed by atoms with Gasteiger partial charge in [0.1, 0.15) is 6.04 Å². The molecule has 1 aromatic carbocycles. The van der Waals surface area contributed by atoms with Crippen molar-refractivity contribution in [2.75, 3.05) is 13.7 Å². The van der Waals surface area contributed by atoms with E-state index in [9.17, 15) is 9.90 Å². The van der Waals surface area contributed by atoms with Gasteiger partial charge in [0.15, 0.2) is 11.5 Å². The second-order valence-corrected chi connectivity index (χ2v) is 6.25. The Morgan fingerprint density at radius 1 is 1.41 bits per heavy atom. The molecule has 6 heteroatoms. The number of hydrogen-bond acceptors (Lipinski definition) is 4. The zero-order valence-corrected chi connectivity index (χ0v) is 15.1. The van der Waals surface area contributed by atoms with Crippen molar-refractivity contribution in [3.63, 3.8) is 0 Å². The Hall–Kier alpha value is -1.27. The predicted molar refractivity (Wildman–Crippen MR) is 89.6 cm³/mol. The second kappa shape index (κ2) is 9.00. The van der Waals surface area contributed by atoms with E-state index in [-0.39, 0.29) is 5.92 Å². The highest BCUT2D eigenvalue weighted by Gasteiger charge is 2.21. The lowest BCUT2D eigenvalue weighted by molar-refractivity contribution is -0.140. The van der Waals surface area contributed by atoms with Crippen LogP contribution in [0.5, 0.6) is 11.5 Å². The second-order valence-electron chi connectivity index (χ2n) is 5.40. The molecule has 0 aromatic heterocycles. The number of benzene rings is 1. The van der Waals surface area contributed by atoms with Crippen LogP contribution in [0.2, 0.25) is 0 Å². The third-order valence-electron chi connectivity index (χ3n) is 3.20. The molecule has 0 bridgehead atoms. The monoisotopic (exact) mass is 373 g/mol. The number of methoxy groups -OCH3 is 1. The van der Waals surface area contributed by atoms with E-state index < -0.39 is 12.0 Å². The van der Waals surface area contributed by atoms with Crippen molar-refractivity contribution < 1.29 is 19.4 Å². The number of carbonyl (C=O) groups is 1. The number of nitrogens with one attached hydrogen (secondary N) is 1. The zero-order chi connectivity index (χ0) is 16.7. The van der Waals surface area contributed by atoms with Crippen LogP contribution in [0.15, 0.2) is 16.6 Å². The Balaban J connectivity index is 2.88. The van der Waals surface area contributed by atoms with E-state index in [2.05, 4.69) is 21.2 Å². The van der Waals surface area contributed by atoms with Gasteiger partial charge in [-0.05, 0) is 46.0 Å². The summed E-state index contributed by atoms with van der Waals surface area (Å²) in [6.07, 6.45) is 0.910. The van der Waals surface area contributed by atoms with Gasteiger partial charge in [-0.15, -0.1) is 0 Å². The summed E-state index contributed by atoms with van der Waals surface area (Å²) in [4.78, 5) is 11.2. The molecule has 0 fully saturated rings. The summed E-state index contributed by atoms with van der Waals surface area (Å²) in [6, 6.07) is 3.20. The average molecular weight is 374 g/mol. The molecule has 1 atom stereocenters. The average Bonchev–Trinajstić information content (AvgIpc) is 2.45. The minimum Gasteiger partial charge on any atom is -0.493 e. The lowest BCUT2D eigenvalue weighted by atomic mass is 10.0. The van der Waals surface area contributed by atoms with Crippen LogP contribution < -0.4 is 14.8 Å². The molecule has 0 heterocycles. The van der Waals surface area contributed by atoms with Crippen LogP contribution in [0.4, 0.5) is 0 Å². The first-order valence-electron chi connectivity index (χ1n) is 7.36. The fraction of sp³-hybridized carbons (Fsp3) is 0.562. The van der Waals surface area contributed by atoms with E-state index in [4.69, 9.17) is 9.47 Å². The van der Waals surface area contributed by atoms with Gasteiger partial charge < -0.3 is 19.9 Å². The minimum absolute atomic E-state index is 0.00926. The maximum atomic E-state index is 11.2. The van der Waals surface area contributed by atoms with Crippen molar-refractivity contribution in [1.82, 2.24) is 5.32 Å². The predicted octanol–water partition coefficient (Wildman–Crippen LogP) is 3.45. The highest BCUT2D eigenvalue weighted by atomic mass is 79.9. The number of aliphatic carboxylic acids is 1. The summed E-state index contributed by atoms with van der Waals surface area (Å²) in [5, 5.41) is 12.3. The van der Waals surface area contributed by atoms with Gasteiger partial charge in [-0.25, -0.2) is 0 Å². The van der Waals surface area contributed by atoms with Gasteiger partial charge in [-0.3, -0.25) is 4.79 Å². The number of ether oxygens (including phenoxy) is 2. The van der Waals surface area contributed by atoms with Crippen molar-refractivity contribution in [2.45, 2.75) is 39.8 Å². The van der Waals surface area contributed by atoms with E-state index in [1.165, 1.54) is 0 Å². The molecule has 124 valence electrons. The molecule has 0 spiro atoms. The first kappa shape index (κ1) is 18.8. The van der Waals surface area contributed by atoms with Gasteiger partial charge in [0, 0.05) is 6.54 Å². The highest BCUT2D eigenvalue weighted by Crippen LogP contribution is 2.36. The molecule has 1 unspecified atom stereocenters. The van der Waals surface area contributed by atoms with E-state index in [0.717, 1.165) is 16.5 Å². The lowest BCUT2D eigenvalue weighted by Gasteiger charge is -2.19. The summed E-state index contributed by atoms with van der Waals surface area (Å²) in [6.45, 7) is 6.85. The Bertz CT molecular complexity index is 505. The molecule has 0 radical (unpaired) electrons. The van der Waals surface area contributed by atoms with Gasteiger partial charge in [-0.1, -0.05) is 20.8 Å². The van der Waals surface area contributed by atoms with Crippen molar-refractivity contribution in [1.29, 1.82) is 0 Å². The van der Waals surface area contributed by atoms with Gasteiger partial charge in [0.25, 0.3) is 0 Å². The van der Waals surface area contributed by atoms with Crippen LogP contribution in [0.3, 0.4) is 0 Å². The molecule has 0 aliphatic rings. The summed E-state index contributed by atoms with van der Waals surface area (Å²) >= 11 is 3.48. The number of carboxylic acids is 1. The SMILES string of the molecule is CCCOc1c(Br)cc(CNC(C(=O)O)C(C)C)cc1OC. The Morgan fingerprint density at radius 3 is 2.59 bits per heavy atom. The van der Waals surface area contributed by atoms with E-state index in [0.29, 0.717) is 24.7 Å². The summed E-state index contributed by atoms with van der Waals surface area (Å²) in [5.41, 5.74) is 0.930. The maximum absolute atomic E-state index is 11.2. The first-order chi connectivity index (χ1) is 10.4. The highest BCUT2D eigenvalue weighted by molar-refractivity contribution is 9.10. The Morgan fingerprint density at radius 2 is 2.09 bits per heavy atom. The quantitative estimate of drug-likeness (QED) is 0.693. The van der Waals surface area contributed by atoms with Gasteiger partial charge in [0.05, 0.1) is 18.2 Å². The van der Waals surface area contributed by atoms with Crippen LogP contribution >= 0.6 is 15.9 Å². The van der Waals surface area contributed by atoms with E-state index >= 15 is 0 Å². The van der Waals surface area contributed by atoms with Crippen LogP contribution in [0, 0.1) is 5.92 Å². The summed E-state index contributed by atoms with van der Waals surface area (Å²) in [7, 11) is 1.59. The van der Waals surface area contributed by atoms with Gasteiger partial charge >= 0.3 is 5.97 Å². The van der Waals surface area contributed by atoms with E-state index in [1.54, 1.807) is 7.11 Å². The van der Waals surface area contributed by atoms with Crippen LogP contribution in [0.25, 0.3) is 0 Å². The molecule has 1 rings (SSSR count). The van der Waals surface area contributed by atoms with Crippen LogP contribution in [-0.2, 0) is 11.3 Å². The molecule has 0 aliphatic heterocycles. The number of hydrogen-bond donors (Lipinski definition) is 2. The van der Waals surface area contributed by atoms with Crippen molar-refractivity contribution in [3.8, 4) is 11.5 Å². The number of carboxylic acid groups (broad SMARTS) is 1. The number of rotatable bonds is 9. The van der Waals surface area contributed by atoms with Crippen LogP contribution in [-0.4, -0.2) is 30.8 Å². The standard InChI is InChI=1S/C16H24BrNO4/c1-5-6-22-15-12(17)7-11(8-13(15)21-4)9-18-14(10(2)3)16(19)20/h7-8,10,14,18H,5-6,9H2,1-4H3,(H,19,20). The molecule has 1 aromatic rings. The Labute approximate surface area is 140 Å². The topological polar surface area (TPSA) is 67.8 Å².